The SMILES string of the molecule is CC(=O)N1CCC(CC(=O)N2CCC(C3CCN(C4c5ccc(Cl)cc5CCc5cc(Cl)cnc54)CC3)CC2)CC1.O=C(CC1CCNCC1)N1CCC(C2CCN(C3c4ccc(Cl)cc4CCc4cc(Cl)cnc43)CC2)CC1. The Kier molecular flexibility index (Phi) is 18.9. The lowest BCUT2D eigenvalue weighted by Gasteiger charge is -2.43. The molecule has 79 heavy (non-hydrogen) atoms. The van der Waals surface area contributed by atoms with Gasteiger partial charge in [0.15, 0.2) is 0 Å². The number of halogens is 4. The number of likely N-dealkylation sites (tertiary alicyclic amines) is 5. The molecule has 6 fully saturated rings. The molecule has 2 aliphatic carbocycles. The Hall–Kier alpha value is -3.81. The summed E-state index contributed by atoms with van der Waals surface area (Å²) >= 11 is 25.5. The van der Waals surface area contributed by atoms with Crippen molar-refractivity contribution in [2.24, 2.45) is 35.5 Å². The van der Waals surface area contributed by atoms with Crippen molar-refractivity contribution in [2.45, 2.75) is 135 Å². The van der Waals surface area contributed by atoms with Gasteiger partial charge in [0.05, 0.1) is 33.5 Å². The summed E-state index contributed by atoms with van der Waals surface area (Å²) in [5.74, 6) is 4.76. The average Bonchev–Trinajstić information content (AvgIpc) is 4.01. The average molecular weight is 1150 g/mol. The van der Waals surface area contributed by atoms with E-state index in [0.29, 0.717) is 52.0 Å². The molecule has 0 bridgehead atoms. The topological polar surface area (TPSA) is 105 Å². The van der Waals surface area contributed by atoms with Crippen LogP contribution in [-0.4, -0.2) is 131 Å². The highest BCUT2D eigenvalue weighted by Gasteiger charge is 2.39. The zero-order valence-electron chi connectivity index (χ0n) is 46.5. The van der Waals surface area contributed by atoms with Crippen LogP contribution in [0, 0.1) is 35.5 Å². The first-order valence-corrected chi connectivity index (χ1v) is 31.8. The molecule has 8 heterocycles. The van der Waals surface area contributed by atoms with E-state index in [1.165, 1.54) is 59.1 Å². The van der Waals surface area contributed by atoms with Gasteiger partial charge in [0, 0.05) is 81.5 Å². The normalized spacial score (nSPS) is 23.6. The lowest BCUT2D eigenvalue weighted by atomic mass is 9.78. The fourth-order valence-corrected chi connectivity index (χ4v) is 16.1. The van der Waals surface area contributed by atoms with Gasteiger partial charge in [0.2, 0.25) is 17.7 Å². The molecule has 12 rings (SSSR count). The van der Waals surface area contributed by atoms with Gasteiger partial charge in [-0.2, -0.15) is 0 Å². The molecular formula is C64H82Cl4N8O3. The minimum absolute atomic E-state index is 0.139. The third kappa shape index (κ3) is 13.7. The number of fused-ring (bicyclic) bond motifs is 4. The number of aryl methyl sites for hydroxylation is 4. The van der Waals surface area contributed by atoms with E-state index in [1.807, 2.05) is 17.0 Å². The second kappa shape index (κ2) is 26.2. The van der Waals surface area contributed by atoms with Crippen molar-refractivity contribution in [3.8, 4) is 0 Å². The molecule has 2 aromatic carbocycles. The van der Waals surface area contributed by atoms with E-state index < -0.39 is 0 Å². The standard InChI is InChI=1S/C33H42Cl2N4O2.C31H40Cl2N4O/c1-22(40)37-12-6-23(7-13-37)18-31(41)38-14-8-24(9-15-38)25-10-16-39(17-11-25)33-30-5-4-28(34)19-26(30)2-3-27-20-29(35)21-36-32(27)33;32-26-3-4-28-24(18-26)1-2-25-19-27(33)20-35-30(25)31(28)37-15-9-23(10-16-37)22-7-13-36(14-8-22)29(38)17-21-5-11-34-12-6-21/h4-5,19-21,23-25,33H,2-3,6-18H2,1H3;3-4,18-23,31,34H,1-2,5-17H2. The summed E-state index contributed by atoms with van der Waals surface area (Å²) in [5.41, 5.74) is 10.2. The first kappa shape index (κ1) is 57.0. The molecule has 8 aliphatic rings. The number of carbonyl (C=O) groups excluding carboxylic acids is 3. The number of piperidine rings is 6. The van der Waals surface area contributed by atoms with Gasteiger partial charge >= 0.3 is 0 Å². The van der Waals surface area contributed by atoms with Crippen LogP contribution in [0.2, 0.25) is 20.1 Å². The number of hydrogen-bond acceptors (Lipinski definition) is 8. The summed E-state index contributed by atoms with van der Waals surface area (Å²) in [4.78, 5) is 58.8. The highest BCUT2D eigenvalue weighted by molar-refractivity contribution is 6.31. The Balaban J connectivity index is 0.000000168. The van der Waals surface area contributed by atoms with E-state index in [4.69, 9.17) is 56.4 Å². The van der Waals surface area contributed by atoms with Gasteiger partial charge in [-0.25, -0.2) is 0 Å². The number of nitrogens with one attached hydrogen (secondary N) is 1. The molecule has 6 saturated heterocycles. The quantitative estimate of drug-likeness (QED) is 0.186. The van der Waals surface area contributed by atoms with Crippen LogP contribution >= 0.6 is 46.4 Å². The number of pyridine rings is 2. The number of aromatic nitrogens is 2. The summed E-state index contributed by atoms with van der Waals surface area (Å²) < 4.78 is 0. The molecule has 2 aromatic heterocycles. The van der Waals surface area contributed by atoms with Crippen molar-refractivity contribution in [1.29, 1.82) is 0 Å². The fraction of sp³-hybridized carbons (Fsp3) is 0.609. The van der Waals surface area contributed by atoms with Crippen molar-refractivity contribution in [3.05, 3.63) is 126 Å². The minimum Gasteiger partial charge on any atom is -0.343 e. The van der Waals surface area contributed by atoms with Crippen LogP contribution in [0.5, 0.6) is 0 Å². The maximum absolute atomic E-state index is 13.1. The number of hydrogen-bond donors (Lipinski definition) is 1. The van der Waals surface area contributed by atoms with Crippen LogP contribution in [0.3, 0.4) is 0 Å². The van der Waals surface area contributed by atoms with Crippen LogP contribution in [0.25, 0.3) is 0 Å². The first-order chi connectivity index (χ1) is 38.4. The molecule has 2 atom stereocenters. The second-order valence-corrected chi connectivity index (χ2v) is 26.4. The van der Waals surface area contributed by atoms with Gasteiger partial charge < -0.3 is 20.0 Å². The van der Waals surface area contributed by atoms with E-state index in [9.17, 15) is 14.4 Å². The van der Waals surface area contributed by atoms with Crippen LogP contribution in [0.1, 0.15) is 154 Å². The van der Waals surface area contributed by atoms with E-state index in [1.54, 1.807) is 19.3 Å². The van der Waals surface area contributed by atoms with E-state index in [0.717, 1.165) is 195 Å². The third-order valence-corrected chi connectivity index (χ3v) is 20.9. The van der Waals surface area contributed by atoms with E-state index >= 15 is 0 Å². The number of amides is 3. The van der Waals surface area contributed by atoms with Gasteiger partial charge in [-0.05, 0) is 247 Å². The van der Waals surface area contributed by atoms with Gasteiger partial charge in [0.1, 0.15) is 0 Å². The zero-order chi connectivity index (χ0) is 54.6. The Morgan fingerprint density at radius 2 is 0.810 bits per heavy atom. The Labute approximate surface area is 489 Å². The molecular weight excluding hydrogens is 1070 g/mol. The second-order valence-electron chi connectivity index (χ2n) is 24.6. The molecule has 3 amide bonds. The van der Waals surface area contributed by atoms with Gasteiger partial charge in [-0.15, -0.1) is 0 Å². The summed E-state index contributed by atoms with van der Waals surface area (Å²) in [6.45, 7) is 13.3. The maximum Gasteiger partial charge on any atom is 0.222 e. The van der Waals surface area contributed by atoms with Crippen molar-refractivity contribution >= 4 is 64.1 Å². The number of benzene rings is 2. The van der Waals surface area contributed by atoms with Gasteiger partial charge in [-0.1, -0.05) is 58.5 Å². The predicted molar refractivity (Wildman–Crippen MR) is 317 cm³/mol. The molecule has 15 heteroatoms. The van der Waals surface area contributed by atoms with Crippen LogP contribution < -0.4 is 5.32 Å². The smallest absolute Gasteiger partial charge is 0.222 e. The Morgan fingerprint density at radius 3 is 1.22 bits per heavy atom. The van der Waals surface area contributed by atoms with Crippen molar-refractivity contribution in [2.75, 3.05) is 78.5 Å². The first-order valence-electron chi connectivity index (χ1n) is 30.3. The molecule has 0 spiro atoms. The van der Waals surface area contributed by atoms with Crippen LogP contribution in [0.15, 0.2) is 60.9 Å². The molecule has 424 valence electrons. The zero-order valence-corrected chi connectivity index (χ0v) is 49.5. The highest BCUT2D eigenvalue weighted by atomic mass is 35.5. The molecule has 0 radical (unpaired) electrons. The Morgan fingerprint density at radius 1 is 0.456 bits per heavy atom. The van der Waals surface area contributed by atoms with Crippen LogP contribution in [-0.2, 0) is 40.1 Å². The van der Waals surface area contributed by atoms with E-state index in [2.05, 4.69) is 61.3 Å². The monoisotopic (exact) mass is 1150 g/mol. The molecule has 1 N–H and O–H groups in total. The number of nitrogens with zero attached hydrogens (tertiary/aromatic N) is 7. The van der Waals surface area contributed by atoms with Crippen molar-refractivity contribution in [3.63, 3.8) is 0 Å². The lowest BCUT2D eigenvalue weighted by Crippen LogP contribution is -2.44. The highest BCUT2D eigenvalue weighted by Crippen LogP contribution is 2.44. The van der Waals surface area contributed by atoms with Crippen molar-refractivity contribution < 1.29 is 14.4 Å². The maximum atomic E-state index is 13.1. The molecule has 2 unspecified atom stereocenters. The lowest BCUT2D eigenvalue weighted by molar-refractivity contribution is -0.135. The number of carbonyl (C=O) groups is 3. The number of rotatable bonds is 8. The molecule has 6 aliphatic heterocycles. The van der Waals surface area contributed by atoms with Crippen molar-refractivity contribution in [1.82, 2.24) is 39.8 Å². The summed E-state index contributed by atoms with van der Waals surface area (Å²) in [6, 6.07) is 17.3. The van der Waals surface area contributed by atoms with Gasteiger partial charge in [0.25, 0.3) is 0 Å². The fourth-order valence-electron chi connectivity index (χ4n) is 15.4. The minimum atomic E-state index is 0.139. The molecule has 4 aromatic rings. The summed E-state index contributed by atoms with van der Waals surface area (Å²) in [6.07, 6.45) is 22.4. The summed E-state index contributed by atoms with van der Waals surface area (Å²) in [7, 11) is 0. The van der Waals surface area contributed by atoms with Gasteiger partial charge in [-0.3, -0.25) is 34.2 Å². The summed E-state index contributed by atoms with van der Waals surface area (Å²) in [5, 5.41) is 6.42. The third-order valence-electron chi connectivity index (χ3n) is 20.0. The largest absolute Gasteiger partial charge is 0.343 e. The van der Waals surface area contributed by atoms with Crippen LogP contribution in [0.4, 0.5) is 0 Å². The molecule has 11 nitrogen and oxygen atoms in total. The van der Waals surface area contributed by atoms with E-state index in [-0.39, 0.29) is 18.0 Å². The molecule has 0 saturated carbocycles. The predicted octanol–water partition coefficient (Wildman–Crippen LogP) is 12.1. The Bertz CT molecular complexity index is 2660.